The number of rotatable bonds is 6. The van der Waals surface area contributed by atoms with Crippen molar-refractivity contribution >= 4 is 22.8 Å². The maximum absolute atomic E-state index is 12.5. The number of amides is 1. The van der Waals surface area contributed by atoms with E-state index in [0.29, 0.717) is 5.56 Å². The Balaban J connectivity index is 1.50. The summed E-state index contributed by atoms with van der Waals surface area (Å²) in [5.74, 6) is -1.51. The van der Waals surface area contributed by atoms with E-state index in [1.54, 1.807) is 47.5 Å². The van der Waals surface area contributed by atoms with E-state index in [4.69, 9.17) is 0 Å². The van der Waals surface area contributed by atoms with E-state index in [1.807, 2.05) is 30.3 Å². The van der Waals surface area contributed by atoms with Crippen LogP contribution in [0.2, 0.25) is 0 Å². The van der Waals surface area contributed by atoms with E-state index in [9.17, 15) is 14.7 Å². The van der Waals surface area contributed by atoms with E-state index in [1.165, 1.54) is 0 Å². The predicted octanol–water partition coefficient (Wildman–Crippen LogP) is 2.78. The predicted molar refractivity (Wildman–Crippen MR) is 104 cm³/mol. The Labute approximate surface area is 160 Å². The third-order valence-electron chi connectivity index (χ3n) is 4.60. The van der Waals surface area contributed by atoms with Crippen LogP contribution in [-0.2, 0) is 11.2 Å². The summed E-state index contributed by atoms with van der Waals surface area (Å²) >= 11 is 0. The molecule has 2 aromatic heterocycles. The average molecular weight is 374 g/mol. The first-order valence-corrected chi connectivity index (χ1v) is 8.80. The maximum Gasteiger partial charge on any atom is 0.326 e. The summed E-state index contributed by atoms with van der Waals surface area (Å²) < 4.78 is 1.68. The molecule has 2 aromatic carbocycles. The van der Waals surface area contributed by atoms with Crippen LogP contribution in [0, 0.1) is 0 Å². The Hall–Kier alpha value is -3.87. The summed E-state index contributed by atoms with van der Waals surface area (Å²) in [6.07, 6.45) is 5.45. The van der Waals surface area contributed by atoms with Gasteiger partial charge in [0.05, 0.1) is 5.69 Å². The molecule has 1 atom stereocenters. The zero-order chi connectivity index (χ0) is 19.5. The molecule has 0 saturated carbocycles. The molecule has 0 saturated heterocycles. The minimum Gasteiger partial charge on any atom is -0.480 e. The van der Waals surface area contributed by atoms with Crippen molar-refractivity contribution in [3.8, 4) is 5.69 Å². The third-order valence-corrected chi connectivity index (χ3v) is 4.60. The van der Waals surface area contributed by atoms with Gasteiger partial charge in [-0.05, 0) is 42.0 Å². The number of nitrogens with one attached hydrogen (secondary N) is 2. The first-order valence-electron chi connectivity index (χ1n) is 8.80. The number of carbonyl (C=O) groups excluding carboxylic acids is 1. The maximum atomic E-state index is 12.5. The van der Waals surface area contributed by atoms with Gasteiger partial charge in [0, 0.05) is 41.5 Å². The van der Waals surface area contributed by atoms with Crippen molar-refractivity contribution in [3.63, 3.8) is 0 Å². The lowest BCUT2D eigenvalue weighted by atomic mass is 10.0. The summed E-state index contributed by atoms with van der Waals surface area (Å²) in [6.45, 7) is 0. The zero-order valence-electron chi connectivity index (χ0n) is 14.9. The highest BCUT2D eigenvalue weighted by molar-refractivity contribution is 5.97. The molecule has 4 aromatic rings. The molecule has 28 heavy (non-hydrogen) atoms. The second-order valence-corrected chi connectivity index (χ2v) is 6.43. The van der Waals surface area contributed by atoms with E-state index in [0.717, 1.165) is 22.2 Å². The van der Waals surface area contributed by atoms with Gasteiger partial charge in [0.25, 0.3) is 5.91 Å². The van der Waals surface area contributed by atoms with Gasteiger partial charge in [-0.15, -0.1) is 0 Å². The molecule has 0 spiro atoms. The number of benzene rings is 2. The quantitative estimate of drug-likeness (QED) is 0.483. The number of nitrogens with zero attached hydrogens (tertiary/aromatic N) is 2. The summed E-state index contributed by atoms with van der Waals surface area (Å²) in [6, 6.07) is 15.3. The van der Waals surface area contributed by atoms with Crippen LogP contribution in [0.25, 0.3) is 16.6 Å². The number of para-hydroxylation sites is 1. The molecule has 0 bridgehead atoms. The molecule has 7 nitrogen and oxygen atoms in total. The fraction of sp³-hybridized carbons (Fsp3) is 0.0952. The Bertz CT molecular complexity index is 1110. The van der Waals surface area contributed by atoms with Crippen LogP contribution in [0.15, 0.2) is 73.2 Å². The van der Waals surface area contributed by atoms with Gasteiger partial charge in [-0.25, -0.2) is 9.48 Å². The molecular weight excluding hydrogens is 356 g/mol. The Morgan fingerprint density at radius 2 is 1.89 bits per heavy atom. The van der Waals surface area contributed by atoms with Crippen molar-refractivity contribution in [2.45, 2.75) is 12.5 Å². The second kappa shape index (κ2) is 7.40. The van der Waals surface area contributed by atoms with Crippen LogP contribution in [0.5, 0.6) is 0 Å². The van der Waals surface area contributed by atoms with Crippen LogP contribution >= 0.6 is 0 Å². The van der Waals surface area contributed by atoms with Gasteiger partial charge in [0.1, 0.15) is 6.04 Å². The Morgan fingerprint density at radius 1 is 1.11 bits per heavy atom. The Kier molecular flexibility index (Phi) is 4.63. The zero-order valence-corrected chi connectivity index (χ0v) is 14.9. The van der Waals surface area contributed by atoms with Crippen molar-refractivity contribution in [2.75, 3.05) is 0 Å². The van der Waals surface area contributed by atoms with Crippen LogP contribution in [-0.4, -0.2) is 37.8 Å². The van der Waals surface area contributed by atoms with Crippen molar-refractivity contribution in [2.24, 2.45) is 0 Å². The number of aromatic amines is 1. The number of H-pyrrole nitrogens is 1. The van der Waals surface area contributed by atoms with Gasteiger partial charge in [0.15, 0.2) is 0 Å². The van der Waals surface area contributed by atoms with Gasteiger partial charge in [-0.3, -0.25) is 4.79 Å². The van der Waals surface area contributed by atoms with Gasteiger partial charge >= 0.3 is 5.97 Å². The normalized spacial score (nSPS) is 12.0. The van der Waals surface area contributed by atoms with Crippen molar-refractivity contribution in [1.82, 2.24) is 20.1 Å². The van der Waals surface area contributed by atoms with Crippen LogP contribution in [0.1, 0.15) is 15.9 Å². The number of fused-ring (bicyclic) bond motifs is 1. The van der Waals surface area contributed by atoms with Crippen molar-refractivity contribution in [3.05, 3.63) is 84.3 Å². The minimum absolute atomic E-state index is 0.191. The molecule has 4 rings (SSSR count). The molecule has 0 aliphatic carbocycles. The molecule has 0 fully saturated rings. The van der Waals surface area contributed by atoms with E-state index in [-0.39, 0.29) is 6.42 Å². The monoisotopic (exact) mass is 374 g/mol. The molecule has 7 heteroatoms. The first-order chi connectivity index (χ1) is 13.6. The first kappa shape index (κ1) is 17.5. The smallest absolute Gasteiger partial charge is 0.326 e. The van der Waals surface area contributed by atoms with Gasteiger partial charge in [0.2, 0.25) is 0 Å². The van der Waals surface area contributed by atoms with Crippen molar-refractivity contribution < 1.29 is 14.7 Å². The number of hydrogen-bond acceptors (Lipinski definition) is 3. The van der Waals surface area contributed by atoms with Gasteiger partial charge in [-0.1, -0.05) is 18.2 Å². The fourth-order valence-corrected chi connectivity index (χ4v) is 3.15. The summed E-state index contributed by atoms with van der Waals surface area (Å²) in [5, 5.41) is 17.3. The molecule has 0 unspecified atom stereocenters. The molecular formula is C21H18N4O3. The average Bonchev–Trinajstić information content (AvgIpc) is 3.38. The number of aromatic nitrogens is 3. The number of carboxylic acids is 1. The largest absolute Gasteiger partial charge is 0.480 e. The van der Waals surface area contributed by atoms with E-state index >= 15 is 0 Å². The topological polar surface area (TPSA) is 100 Å². The molecule has 0 aliphatic rings. The second-order valence-electron chi connectivity index (χ2n) is 6.43. The number of carboxylic acid groups (broad SMARTS) is 1. The molecule has 2 heterocycles. The van der Waals surface area contributed by atoms with Crippen LogP contribution in [0.3, 0.4) is 0 Å². The summed E-state index contributed by atoms with van der Waals surface area (Å²) in [4.78, 5) is 27.4. The lowest BCUT2D eigenvalue weighted by molar-refractivity contribution is -0.139. The highest BCUT2D eigenvalue weighted by atomic mass is 16.4. The number of hydrogen-bond donors (Lipinski definition) is 3. The number of aliphatic carboxylic acids is 1. The lowest BCUT2D eigenvalue weighted by Crippen LogP contribution is -2.42. The SMILES string of the molecule is O=C(N[C@H](Cc1c[nH]c2ccccc12)C(=O)O)c1ccc(-n2cccn2)cc1. The molecule has 3 N–H and O–H groups in total. The highest BCUT2D eigenvalue weighted by Gasteiger charge is 2.22. The van der Waals surface area contributed by atoms with Crippen molar-refractivity contribution in [1.29, 1.82) is 0 Å². The standard InChI is InChI=1S/C21H18N4O3/c26-20(14-6-8-16(9-7-14)25-11-3-10-23-25)24-19(21(27)28)12-15-13-22-18-5-2-1-4-17(15)18/h1-11,13,19,22H,12H2,(H,24,26)(H,27,28)/t19-/m1/s1. The lowest BCUT2D eigenvalue weighted by Gasteiger charge is -2.14. The third kappa shape index (κ3) is 3.50. The van der Waals surface area contributed by atoms with Gasteiger partial charge in [-0.2, -0.15) is 5.10 Å². The molecule has 1 amide bonds. The van der Waals surface area contributed by atoms with E-state index < -0.39 is 17.9 Å². The number of carbonyl (C=O) groups is 2. The fourth-order valence-electron chi connectivity index (χ4n) is 3.15. The highest BCUT2D eigenvalue weighted by Crippen LogP contribution is 2.19. The van der Waals surface area contributed by atoms with E-state index in [2.05, 4.69) is 15.4 Å². The van der Waals surface area contributed by atoms with Crippen LogP contribution in [0.4, 0.5) is 0 Å². The molecule has 0 radical (unpaired) electrons. The molecule has 140 valence electrons. The summed E-state index contributed by atoms with van der Waals surface area (Å²) in [5.41, 5.74) is 2.98. The minimum atomic E-state index is -1.08. The van der Waals surface area contributed by atoms with Crippen LogP contribution < -0.4 is 5.32 Å². The Morgan fingerprint density at radius 3 is 2.61 bits per heavy atom. The van der Waals surface area contributed by atoms with Gasteiger partial charge < -0.3 is 15.4 Å². The summed E-state index contributed by atoms with van der Waals surface area (Å²) in [7, 11) is 0. The molecule has 0 aliphatic heterocycles.